The smallest absolute Gasteiger partial charge is 0.223 e. The maximum absolute atomic E-state index is 12.5. The highest BCUT2D eigenvalue weighted by molar-refractivity contribution is 7.17. The van der Waals surface area contributed by atoms with Gasteiger partial charge in [-0.1, -0.05) is 18.2 Å². The molecule has 1 aromatic carbocycles. The van der Waals surface area contributed by atoms with Gasteiger partial charge in [0.1, 0.15) is 12.1 Å². The summed E-state index contributed by atoms with van der Waals surface area (Å²) in [7, 11) is 0. The van der Waals surface area contributed by atoms with E-state index >= 15 is 0 Å². The average molecular weight is 440 g/mol. The van der Waals surface area contributed by atoms with Crippen LogP contribution in [-0.4, -0.2) is 47.0 Å². The van der Waals surface area contributed by atoms with E-state index < -0.39 is 0 Å². The van der Waals surface area contributed by atoms with Gasteiger partial charge in [-0.25, -0.2) is 9.97 Å². The second kappa shape index (κ2) is 9.91. The zero-order valence-electron chi connectivity index (χ0n) is 15.3. The Kier molecular flexibility index (Phi) is 7.86. The van der Waals surface area contributed by atoms with E-state index in [4.69, 9.17) is 5.73 Å². The van der Waals surface area contributed by atoms with E-state index in [2.05, 4.69) is 14.9 Å². The molecule has 2 aromatic heterocycles. The van der Waals surface area contributed by atoms with Gasteiger partial charge in [-0.15, -0.1) is 36.2 Å². The van der Waals surface area contributed by atoms with Crippen LogP contribution in [0.5, 0.6) is 0 Å². The zero-order valence-corrected chi connectivity index (χ0v) is 17.7. The molecule has 0 bridgehead atoms. The van der Waals surface area contributed by atoms with Crippen molar-refractivity contribution in [2.24, 2.45) is 0 Å². The van der Waals surface area contributed by atoms with Crippen LogP contribution in [-0.2, 0) is 11.2 Å². The number of aryl methyl sites for hydroxylation is 1. The second-order valence-electron chi connectivity index (χ2n) is 6.40. The molecule has 1 aliphatic rings. The number of piperazine rings is 1. The van der Waals surface area contributed by atoms with Gasteiger partial charge in [-0.2, -0.15) is 0 Å². The molecule has 6 nitrogen and oxygen atoms in total. The minimum absolute atomic E-state index is 0. The molecule has 1 fully saturated rings. The van der Waals surface area contributed by atoms with Crippen LogP contribution in [0, 0.1) is 0 Å². The van der Waals surface area contributed by atoms with E-state index in [0.29, 0.717) is 12.8 Å². The van der Waals surface area contributed by atoms with E-state index in [1.54, 1.807) is 17.7 Å². The molecular weight excluding hydrogens is 417 g/mol. The summed E-state index contributed by atoms with van der Waals surface area (Å²) < 4.78 is 1.12. The molecule has 1 saturated heterocycles. The van der Waals surface area contributed by atoms with Gasteiger partial charge in [0, 0.05) is 38.3 Å². The number of hydrogen-bond donors (Lipinski definition) is 1. The predicted molar refractivity (Wildman–Crippen MR) is 120 cm³/mol. The van der Waals surface area contributed by atoms with Crippen LogP contribution in [0.4, 0.5) is 11.5 Å². The first-order valence-electron chi connectivity index (χ1n) is 8.76. The molecule has 9 heteroatoms. The summed E-state index contributed by atoms with van der Waals surface area (Å²) in [6, 6.07) is 9.76. The molecule has 0 saturated carbocycles. The number of nitrogens with zero attached hydrogens (tertiary/aromatic N) is 4. The van der Waals surface area contributed by atoms with Crippen LogP contribution in [0.25, 0.3) is 10.2 Å². The lowest BCUT2D eigenvalue weighted by molar-refractivity contribution is -0.131. The molecular formula is C19H23Cl2N5OS. The van der Waals surface area contributed by atoms with Crippen molar-refractivity contribution in [2.45, 2.75) is 12.8 Å². The lowest BCUT2D eigenvalue weighted by Gasteiger charge is -2.35. The zero-order chi connectivity index (χ0) is 17.9. The van der Waals surface area contributed by atoms with E-state index in [9.17, 15) is 4.79 Å². The minimum Gasteiger partial charge on any atom is -0.399 e. The highest BCUT2D eigenvalue weighted by Gasteiger charge is 2.23. The van der Waals surface area contributed by atoms with Crippen LogP contribution in [0.2, 0.25) is 0 Å². The number of thiophene rings is 1. The van der Waals surface area contributed by atoms with Gasteiger partial charge >= 0.3 is 0 Å². The molecule has 4 rings (SSSR count). The molecule has 1 aliphatic heterocycles. The molecule has 0 aliphatic carbocycles. The Morgan fingerprint density at radius 1 is 1.07 bits per heavy atom. The number of aromatic nitrogens is 2. The van der Waals surface area contributed by atoms with Gasteiger partial charge in [0.15, 0.2) is 0 Å². The highest BCUT2D eigenvalue weighted by atomic mass is 35.5. The maximum atomic E-state index is 12.5. The molecule has 1 amide bonds. The van der Waals surface area contributed by atoms with E-state index in [1.165, 1.54) is 0 Å². The standard InChI is InChI=1S/C19H21N5OS.2ClH/c20-15-4-2-1-3-14(15)5-6-17(25)23-8-10-24(11-9-23)19-18-16(7-12-26-18)21-13-22-19;;/h1-4,7,12-13H,5-6,8-11,20H2;2*1H. The number of carbonyl (C=O) groups is 1. The number of carbonyl (C=O) groups excluding carboxylic acids is 1. The third-order valence-corrected chi connectivity index (χ3v) is 5.72. The van der Waals surface area contributed by atoms with E-state index in [0.717, 1.165) is 53.5 Å². The summed E-state index contributed by atoms with van der Waals surface area (Å²) in [5.41, 5.74) is 8.75. The van der Waals surface area contributed by atoms with Crippen LogP contribution in [0.15, 0.2) is 42.0 Å². The number of hydrogen-bond acceptors (Lipinski definition) is 6. The summed E-state index contributed by atoms with van der Waals surface area (Å²) in [6.45, 7) is 3.03. The summed E-state index contributed by atoms with van der Waals surface area (Å²) >= 11 is 1.66. The largest absolute Gasteiger partial charge is 0.399 e. The van der Waals surface area contributed by atoms with Crippen molar-refractivity contribution in [2.75, 3.05) is 36.8 Å². The summed E-state index contributed by atoms with van der Waals surface area (Å²) in [6.07, 6.45) is 2.80. The normalized spacial score (nSPS) is 13.7. The van der Waals surface area contributed by atoms with Gasteiger partial charge in [-0.05, 0) is 29.5 Å². The number of benzene rings is 1. The van der Waals surface area contributed by atoms with Crippen molar-refractivity contribution in [1.29, 1.82) is 0 Å². The van der Waals surface area contributed by atoms with E-state index in [1.807, 2.05) is 40.6 Å². The number of halogens is 2. The Morgan fingerprint density at radius 3 is 2.57 bits per heavy atom. The first kappa shape index (κ1) is 22.2. The molecule has 3 aromatic rings. The first-order valence-corrected chi connectivity index (χ1v) is 9.64. The van der Waals surface area contributed by atoms with Crippen LogP contribution in [0.1, 0.15) is 12.0 Å². The quantitative estimate of drug-likeness (QED) is 0.630. The fourth-order valence-electron chi connectivity index (χ4n) is 3.33. The third-order valence-electron chi connectivity index (χ3n) is 4.82. The Labute approximate surface area is 180 Å². The van der Waals surface area contributed by atoms with E-state index in [-0.39, 0.29) is 30.7 Å². The molecule has 28 heavy (non-hydrogen) atoms. The highest BCUT2D eigenvalue weighted by Crippen LogP contribution is 2.28. The monoisotopic (exact) mass is 439 g/mol. The van der Waals surface area contributed by atoms with Gasteiger partial charge < -0.3 is 15.5 Å². The molecule has 150 valence electrons. The van der Waals surface area contributed by atoms with Gasteiger partial charge in [0.2, 0.25) is 5.91 Å². The Morgan fingerprint density at radius 2 is 1.82 bits per heavy atom. The Balaban J connectivity index is 0.00000140. The lowest BCUT2D eigenvalue weighted by Crippen LogP contribution is -2.49. The topological polar surface area (TPSA) is 75.4 Å². The molecule has 3 heterocycles. The van der Waals surface area contributed by atoms with Gasteiger partial charge in [0.05, 0.1) is 10.2 Å². The number of amides is 1. The summed E-state index contributed by atoms with van der Waals surface area (Å²) in [4.78, 5) is 25.5. The summed E-state index contributed by atoms with van der Waals surface area (Å²) in [5, 5.41) is 2.04. The third kappa shape index (κ3) is 4.66. The molecule has 0 unspecified atom stereocenters. The Hall–Kier alpha value is -2.09. The molecule has 0 spiro atoms. The second-order valence-corrected chi connectivity index (χ2v) is 7.32. The number of nitrogens with two attached hydrogens (primary N) is 1. The SMILES string of the molecule is Cl.Cl.Nc1ccccc1CCC(=O)N1CCN(c2ncnc3ccsc23)CC1. The van der Waals surface area contributed by atoms with Crippen LogP contribution in [0.3, 0.4) is 0 Å². The fourth-order valence-corrected chi connectivity index (χ4v) is 4.19. The van der Waals surface area contributed by atoms with Crippen molar-refractivity contribution in [3.63, 3.8) is 0 Å². The number of anilines is 2. The van der Waals surface area contributed by atoms with Crippen molar-refractivity contribution < 1.29 is 4.79 Å². The number of para-hydroxylation sites is 1. The molecule has 2 N–H and O–H groups in total. The van der Waals surface area contributed by atoms with Gasteiger partial charge in [-0.3, -0.25) is 4.79 Å². The summed E-state index contributed by atoms with van der Waals surface area (Å²) in [5.74, 6) is 1.17. The average Bonchev–Trinajstić information content (AvgIpc) is 3.16. The van der Waals surface area contributed by atoms with Gasteiger partial charge in [0.25, 0.3) is 0 Å². The number of fused-ring (bicyclic) bond motifs is 1. The molecule has 0 atom stereocenters. The molecule has 0 radical (unpaired) electrons. The van der Waals surface area contributed by atoms with Crippen LogP contribution < -0.4 is 10.6 Å². The van der Waals surface area contributed by atoms with Crippen molar-refractivity contribution in [3.05, 3.63) is 47.6 Å². The first-order chi connectivity index (χ1) is 12.7. The number of rotatable bonds is 4. The maximum Gasteiger partial charge on any atom is 0.223 e. The fraction of sp³-hybridized carbons (Fsp3) is 0.316. The Bertz CT molecular complexity index is 927. The van der Waals surface area contributed by atoms with Crippen LogP contribution >= 0.6 is 36.2 Å². The van der Waals surface area contributed by atoms with Crippen molar-refractivity contribution in [1.82, 2.24) is 14.9 Å². The lowest BCUT2D eigenvalue weighted by atomic mass is 10.1. The number of nitrogen functional groups attached to an aromatic ring is 1. The predicted octanol–water partition coefficient (Wildman–Crippen LogP) is 3.40. The van der Waals surface area contributed by atoms with Crippen molar-refractivity contribution in [3.8, 4) is 0 Å². The minimum atomic E-state index is 0. The van der Waals surface area contributed by atoms with Crippen molar-refractivity contribution >= 4 is 63.8 Å².